The van der Waals surface area contributed by atoms with E-state index in [2.05, 4.69) is 18.4 Å². The standard InChI is InChI=1S/C13H22N2O/c1-2-12-11(8-9-16-12)13(15-14)10-6-4-3-5-7-10/h8-10,13,15H,2-7,14H2,1H3. The minimum Gasteiger partial charge on any atom is -0.469 e. The highest BCUT2D eigenvalue weighted by Crippen LogP contribution is 2.35. The van der Waals surface area contributed by atoms with E-state index in [4.69, 9.17) is 10.3 Å². The van der Waals surface area contributed by atoms with Crippen LogP contribution in [0.15, 0.2) is 16.7 Å². The Morgan fingerprint density at radius 1 is 1.44 bits per heavy atom. The van der Waals surface area contributed by atoms with Crippen molar-refractivity contribution in [3.63, 3.8) is 0 Å². The monoisotopic (exact) mass is 222 g/mol. The van der Waals surface area contributed by atoms with Gasteiger partial charge < -0.3 is 4.42 Å². The number of hydrogen-bond donors (Lipinski definition) is 2. The third kappa shape index (κ3) is 2.30. The van der Waals surface area contributed by atoms with Crippen molar-refractivity contribution in [2.75, 3.05) is 0 Å². The molecule has 0 spiro atoms. The van der Waals surface area contributed by atoms with E-state index < -0.39 is 0 Å². The molecule has 1 aromatic rings. The molecule has 3 nitrogen and oxygen atoms in total. The lowest BCUT2D eigenvalue weighted by atomic mass is 9.81. The second kappa shape index (κ2) is 5.51. The normalized spacial score (nSPS) is 19.9. The van der Waals surface area contributed by atoms with Crippen molar-refractivity contribution in [1.29, 1.82) is 0 Å². The molecule has 3 N–H and O–H groups in total. The molecule has 1 unspecified atom stereocenters. The predicted octanol–water partition coefficient (Wildman–Crippen LogP) is 2.93. The van der Waals surface area contributed by atoms with Crippen molar-refractivity contribution in [3.05, 3.63) is 23.7 Å². The van der Waals surface area contributed by atoms with Crippen LogP contribution >= 0.6 is 0 Å². The molecular weight excluding hydrogens is 200 g/mol. The molecule has 1 aromatic heterocycles. The fourth-order valence-electron chi connectivity index (χ4n) is 2.86. The molecule has 0 amide bonds. The molecule has 0 radical (unpaired) electrons. The molecule has 0 saturated heterocycles. The summed E-state index contributed by atoms with van der Waals surface area (Å²) in [7, 11) is 0. The highest BCUT2D eigenvalue weighted by atomic mass is 16.3. The quantitative estimate of drug-likeness (QED) is 0.608. The molecule has 0 bridgehead atoms. The van der Waals surface area contributed by atoms with Crippen LogP contribution in [-0.2, 0) is 6.42 Å². The summed E-state index contributed by atoms with van der Waals surface area (Å²) in [6.07, 6.45) is 9.32. The molecule has 16 heavy (non-hydrogen) atoms. The number of rotatable bonds is 4. The summed E-state index contributed by atoms with van der Waals surface area (Å²) >= 11 is 0. The average Bonchev–Trinajstić information content (AvgIpc) is 2.80. The first-order valence-electron chi connectivity index (χ1n) is 6.39. The van der Waals surface area contributed by atoms with Crippen LogP contribution in [0.1, 0.15) is 56.4 Å². The molecule has 1 fully saturated rings. The van der Waals surface area contributed by atoms with Gasteiger partial charge in [-0.3, -0.25) is 11.3 Å². The van der Waals surface area contributed by atoms with Gasteiger partial charge in [0.15, 0.2) is 0 Å². The van der Waals surface area contributed by atoms with Crippen LogP contribution in [-0.4, -0.2) is 0 Å². The smallest absolute Gasteiger partial charge is 0.108 e. The molecular formula is C13H22N2O. The lowest BCUT2D eigenvalue weighted by Crippen LogP contribution is -2.34. The van der Waals surface area contributed by atoms with Crippen LogP contribution in [0.3, 0.4) is 0 Å². The largest absolute Gasteiger partial charge is 0.469 e. The van der Waals surface area contributed by atoms with Crippen molar-refractivity contribution in [1.82, 2.24) is 5.43 Å². The van der Waals surface area contributed by atoms with Gasteiger partial charge in [0, 0.05) is 12.0 Å². The van der Waals surface area contributed by atoms with E-state index in [1.54, 1.807) is 6.26 Å². The molecule has 1 aliphatic carbocycles. The zero-order chi connectivity index (χ0) is 11.4. The summed E-state index contributed by atoms with van der Waals surface area (Å²) in [6, 6.07) is 2.34. The first kappa shape index (κ1) is 11.7. The first-order valence-corrected chi connectivity index (χ1v) is 6.39. The molecule has 1 aliphatic rings. The van der Waals surface area contributed by atoms with Crippen molar-refractivity contribution in [3.8, 4) is 0 Å². The topological polar surface area (TPSA) is 51.2 Å². The van der Waals surface area contributed by atoms with E-state index in [9.17, 15) is 0 Å². The number of hydrogen-bond acceptors (Lipinski definition) is 3. The molecule has 0 aliphatic heterocycles. The summed E-state index contributed by atoms with van der Waals surface area (Å²) in [4.78, 5) is 0. The Bertz CT molecular complexity index is 315. The number of hydrazine groups is 1. The molecule has 90 valence electrons. The van der Waals surface area contributed by atoms with Gasteiger partial charge in [0.2, 0.25) is 0 Å². The first-order chi connectivity index (χ1) is 7.86. The Kier molecular flexibility index (Phi) is 4.02. The third-order valence-corrected chi connectivity index (χ3v) is 3.74. The molecule has 2 rings (SSSR count). The predicted molar refractivity (Wildman–Crippen MR) is 64.7 cm³/mol. The van der Waals surface area contributed by atoms with Crippen LogP contribution < -0.4 is 11.3 Å². The van der Waals surface area contributed by atoms with Gasteiger partial charge in [-0.05, 0) is 24.8 Å². The third-order valence-electron chi connectivity index (χ3n) is 3.74. The summed E-state index contributed by atoms with van der Waals surface area (Å²) < 4.78 is 5.49. The maximum atomic E-state index is 5.73. The highest BCUT2D eigenvalue weighted by molar-refractivity contribution is 5.22. The Morgan fingerprint density at radius 2 is 2.19 bits per heavy atom. The second-order valence-electron chi connectivity index (χ2n) is 4.70. The maximum absolute atomic E-state index is 5.73. The summed E-state index contributed by atoms with van der Waals surface area (Å²) in [5.74, 6) is 7.47. The molecule has 3 heteroatoms. The zero-order valence-corrected chi connectivity index (χ0v) is 10.0. The fraction of sp³-hybridized carbons (Fsp3) is 0.692. The molecule has 1 heterocycles. The number of aryl methyl sites for hydroxylation is 1. The number of nitrogens with one attached hydrogen (secondary N) is 1. The SMILES string of the molecule is CCc1occc1C(NN)C1CCCCC1. The summed E-state index contributed by atoms with van der Waals surface area (Å²) in [5.41, 5.74) is 4.25. The average molecular weight is 222 g/mol. The van der Waals surface area contributed by atoms with Gasteiger partial charge in [-0.15, -0.1) is 0 Å². The molecule has 1 saturated carbocycles. The minimum atomic E-state index is 0.272. The lowest BCUT2D eigenvalue weighted by Gasteiger charge is -2.29. The van der Waals surface area contributed by atoms with Crippen LogP contribution in [0, 0.1) is 5.92 Å². The molecule has 0 aromatic carbocycles. The van der Waals surface area contributed by atoms with Gasteiger partial charge in [0.25, 0.3) is 0 Å². The van der Waals surface area contributed by atoms with E-state index >= 15 is 0 Å². The lowest BCUT2D eigenvalue weighted by molar-refractivity contribution is 0.271. The van der Waals surface area contributed by atoms with Crippen molar-refractivity contribution in [2.24, 2.45) is 11.8 Å². The van der Waals surface area contributed by atoms with E-state index in [1.807, 2.05) is 0 Å². The van der Waals surface area contributed by atoms with Crippen LogP contribution in [0.25, 0.3) is 0 Å². The summed E-state index contributed by atoms with van der Waals surface area (Å²) in [6.45, 7) is 2.12. The Morgan fingerprint density at radius 3 is 2.81 bits per heavy atom. The highest BCUT2D eigenvalue weighted by Gasteiger charge is 2.26. The Hall–Kier alpha value is -0.800. The zero-order valence-electron chi connectivity index (χ0n) is 10.0. The maximum Gasteiger partial charge on any atom is 0.108 e. The van der Waals surface area contributed by atoms with Gasteiger partial charge in [-0.1, -0.05) is 26.2 Å². The van der Waals surface area contributed by atoms with Gasteiger partial charge >= 0.3 is 0 Å². The van der Waals surface area contributed by atoms with Crippen molar-refractivity contribution in [2.45, 2.75) is 51.5 Å². The number of nitrogens with two attached hydrogens (primary N) is 1. The Balaban J connectivity index is 2.14. The van der Waals surface area contributed by atoms with Crippen LogP contribution in [0.2, 0.25) is 0 Å². The van der Waals surface area contributed by atoms with Gasteiger partial charge in [0.1, 0.15) is 5.76 Å². The van der Waals surface area contributed by atoms with E-state index in [1.165, 1.54) is 37.7 Å². The second-order valence-corrected chi connectivity index (χ2v) is 4.70. The molecule has 1 atom stereocenters. The van der Waals surface area contributed by atoms with Crippen molar-refractivity contribution >= 4 is 0 Å². The van der Waals surface area contributed by atoms with E-state index in [0.29, 0.717) is 5.92 Å². The minimum absolute atomic E-state index is 0.272. The number of furan rings is 1. The van der Waals surface area contributed by atoms with Crippen molar-refractivity contribution < 1.29 is 4.42 Å². The van der Waals surface area contributed by atoms with E-state index in [0.717, 1.165) is 12.2 Å². The van der Waals surface area contributed by atoms with Gasteiger partial charge in [-0.2, -0.15) is 0 Å². The fourth-order valence-corrected chi connectivity index (χ4v) is 2.86. The summed E-state index contributed by atoms with van der Waals surface area (Å²) in [5, 5.41) is 0. The Labute approximate surface area is 97.4 Å². The van der Waals surface area contributed by atoms with Crippen LogP contribution in [0.4, 0.5) is 0 Å². The van der Waals surface area contributed by atoms with Gasteiger partial charge in [0.05, 0.1) is 12.3 Å². The van der Waals surface area contributed by atoms with Crippen LogP contribution in [0.5, 0.6) is 0 Å². The van der Waals surface area contributed by atoms with Gasteiger partial charge in [-0.25, -0.2) is 0 Å². The van der Waals surface area contributed by atoms with E-state index in [-0.39, 0.29) is 6.04 Å².